The predicted octanol–water partition coefficient (Wildman–Crippen LogP) is 2.07. The Morgan fingerprint density at radius 2 is 1.54 bits per heavy atom. The van der Waals surface area contributed by atoms with Gasteiger partial charge in [-0.15, -0.1) is 0 Å². The quantitative estimate of drug-likeness (QED) is 0.582. The summed E-state index contributed by atoms with van der Waals surface area (Å²) in [6.45, 7) is 6.54. The Morgan fingerprint density at radius 1 is 1.00 bits per heavy atom. The molecule has 0 heterocycles. The van der Waals surface area contributed by atoms with Crippen molar-refractivity contribution >= 4 is 11.9 Å². The molecule has 0 aromatic rings. The lowest BCUT2D eigenvalue weighted by atomic mass is 9.60. The Bertz CT molecular complexity index is 470. The van der Waals surface area contributed by atoms with Crippen molar-refractivity contribution in [3.63, 3.8) is 0 Å². The minimum absolute atomic E-state index is 0.105. The fourth-order valence-electron chi connectivity index (χ4n) is 5.07. The maximum atomic E-state index is 9.73. The number of rotatable bonds is 4. The van der Waals surface area contributed by atoms with Crippen molar-refractivity contribution < 1.29 is 30.0 Å². The van der Waals surface area contributed by atoms with E-state index in [9.17, 15) is 19.8 Å². The Morgan fingerprint density at radius 3 is 1.96 bits per heavy atom. The van der Waals surface area contributed by atoms with Gasteiger partial charge >= 0.3 is 11.9 Å². The standard InChI is InChI=1S/C12H20O2.2C3H4O2/c13-7-11-5-3-9(6-11)10-2-1-4-12(10,11)8-14;2*1-2-3(4)5/h9-10,13-14H,1-8H2;2*2H,1H2,(H,4,5). The summed E-state index contributed by atoms with van der Waals surface area (Å²) in [6, 6.07) is 0. The van der Waals surface area contributed by atoms with Crippen molar-refractivity contribution in [1.82, 2.24) is 0 Å². The molecular formula is C18H28O6. The molecule has 4 N–H and O–H groups in total. The second-order valence-electron chi connectivity index (χ2n) is 6.84. The highest BCUT2D eigenvalue weighted by atomic mass is 16.4. The minimum atomic E-state index is -0.981. The van der Waals surface area contributed by atoms with E-state index in [1.165, 1.54) is 25.7 Å². The molecule has 4 atom stereocenters. The first-order valence-electron chi connectivity index (χ1n) is 8.25. The van der Waals surface area contributed by atoms with Crippen LogP contribution in [0.5, 0.6) is 0 Å². The third-order valence-corrected chi connectivity index (χ3v) is 6.05. The number of aliphatic carboxylic acids is 2. The zero-order valence-corrected chi connectivity index (χ0v) is 14.0. The Hall–Kier alpha value is -1.66. The molecule has 3 fully saturated rings. The number of aliphatic hydroxyl groups is 2. The molecule has 3 aliphatic carbocycles. The summed E-state index contributed by atoms with van der Waals surface area (Å²) in [4.78, 5) is 18.5. The van der Waals surface area contributed by atoms with Crippen LogP contribution in [-0.2, 0) is 9.59 Å². The van der Waals surface area contributed by atoms with Crippen molar-refractivity contribution in [2.24, 2.45) is 22.7 Å². The van der Waals surface area contributed by atoms with E-state index in [2.05, 4.69) is 13.2 Å². The highest BCUT2D eigenvalue weighted by Crippen LogP contribution is 2.72. The Kier molecular flexibility index (Phi) is 7.17. The molecule has 0 aliphatic heterocycles. The molecule has 0 aromatic carbocycles. The molecule has 0 radical (unpaired) electrons. The molecule has 0 amide bonds. The van der Waals surface area contributed by atoms with Crippen LogP contribution in [0.1, 0.15) is 38.5 Å². The third-order valence-electron chi connectivity index (χ3n) is 6.05. The number of carboxylic acids is 2. The van der Waals surface area contributed by atoms with E-state index in [1.54, 1.807) is 0 Å². The monoisotopic (exact) mass is 340 g/mol. The van der Waals surface area contributed by atoms with E-state index in [1.807, 2.05) is 0 Å². The van der Waals surface area contributed by atoms with Crippen molar-refractivity contribution in [2.45, 2.75) is 38.5 Å². The van der Waals surface area contributed by atoms with E-state index in [-0.39, 0.29) is 10.8 Å². The zero-order valence-electron chi connectivity index (χ0n) is 14.0. The van der Waals surface area contributed by atoms with Gasteiger partial charge in [0.2, 0.25) is 0 Å². The average molecular weight is 340 g/mol. The van der Waals surface area contributed by atoms with Gasteiger partial charge in [-0.1, -0.05) is 19.6 Å². The number of hydrogen-bond donors (Lipinski definition) is 4. The molecule has 136 valence electrons. The molecule has 6 heteroatoms. The van der Waals surface area contributed by atoms with Crippen LogP contribution in [0, 0.1) is 22.7 Å². The van der Waals surface area contributed by atoms with Crippen LogP contribution in [0.25, 0.3) is 0 Å². The van der Waals surface area contributed by atoms with Crippen LogP contribution in [0.15, 0.2) is 25.3 Å². The van der Waals surface area contributed by atoms with Crippen molar-refractivity contribution in [3.05, 3.63) is 25.3 Å². The van der Waals surface area contributed by atoms with Crippen LogP contribution in [0.4, 0.5) is 0 Å². The molecule has 0 saturated heterocycles. The summed E-state index contributed by atoms with van der Waals surface area (Å²) in [7, 11) is 0. The number of aliphatic hydroxyl groups excluding tert-OH is 2. The highest BCUT2D eigenvalue weighted by molar-refractivity contribution is 5.79. The van der Waals surface area contributed by atoms with E-state index in [0.717, 1.165) is 36.8 Å². The van der Waals surface area contributed by atoms with Crippen LogP contribution in [0.2, 0.25) is 0 Å². The van der Waals surface area contributed by atoms with Crippen molar-refractivity contribution in [1.29, 1.82) is 0 Å². The third kappa shape index (κ3) is 3.70. The van der Waals surface area contributed by atoms with Crippen LogP contribution >= 0.6 is 0 Å². The van der Waals surface area contributed by atoms with Gasteiger partial charge in [-0.2, -0.15) is 0 Å². The Labute approximate surface area is 142 Å². The maximum absolute atomic E-state index is 9.73. The fraction of sp³-hybridized carbons (Fsp3) is 0.667. The Balaban J connectivity index is 0.000000243. The first-order valence-corrected chi connectivity index (χ1v) is 8.25. The van der Waals surface area contributed by atoms with E-state index in [4.69, 9.17) is 10.2 Å². The summed E-state index contributed by atoms with van der Waals surface area (Å²) in [6.07, 6.45) is 9.04. The first-order chi connectivity index (χ1) is 11.3. The van der Waals surface area contributed by atoms with Gasteiger partial charge in [-0.25, -0.2) is 9.59 Å². The SMILES string of the molecule is C=CC(=O)O.C=CC(=O)O.OCC12CCC(C1)C1CCCC12CO. The van der Waals surface area contributed by atoms with Crippen LogP contribution in [-0.4, -0.2) is 45.6 Å². The lowest BCUT2D eigenvalue weighted by Crippen LogP contribution is -2.45. The number of hydrogen-bond acceptors (Lipinski definition) is 4. The van der Waals surface area contributed by atoms with Gasteiger partial charge in [0.25, 0.3) is 0 Å². The molecule has 4 unspecified atom stereocenters. The second kappa shape index (κ2) is 8.44. The molecule has 2 bridgehead atoms. The minimum Gasteiger partial charge on any atom is -0.478 e. The van der Waals surface area contributed by atoms with Gasteiger partial charge in [-0.05, 0) is 43.9 Å². The molecule has 6 nitrogen and oxygen atoms in total. The van der Waals surface area contributed by atoms with Gasteiger partial charge in [0.15, 0.2) is 0 Å². The van der Waals surface area contributed by atoms with E-state index in [0.29, 0.717) is 13.2 Å². The fourth-order valence-corrected chi connectivity index (χ4v) is 5.07. The number of carboxylic acid groups (broad SMARTS) is 2. The smallest absolute Gasteiger partial charge is 0.327 e. The van der Waals surface area contributed by atoms with Crippen molar-refractivity contribution in [2.75, 3.05) is 13.2 Å². The highest BCUT2D eigenvalue weighted by Gasteiger charge is 2.67. The van der Waals surface area contributed by atoms with Gasteiger partial charge in [0.05, 0.1) is 0 Å². The molecule has 0 spiro atoms. The summed E-state index contributed by atoms with van der Waals surface area (Å²) in [5.41, 5.74) is 0.220. The first kappa shape index (κ1) is 20.4. The van der Waals surface area contributed by atoms with E-state index >= 15 is 0 Å². The number of fused-ring (bicyclic) bond motifs is 5. The lowest BCUT2D eigenvalue weighted by molar-refractivity contribution is -0.132. The molecule has 3 aliphatic rings. The van der Waals surface area contributed by atoms with Crippen LogP contribution in [0.3, 0.4) is 0 Å². The summed E-state index contributed by atoms with van der Waals surface area (Å²) >= 11 is 0. The molecule has 0 aromatic heterocycles. The molecule has 3 saturated carbocycles. The molecule has 24 heavy (non-hydrogen) atoms. The normalized spacial score (nSPS) is 34.9. The summed E-state index contributed by atoms with van der Waals surface area (Å²) < 4.78 is 0. The summed E-state index contributed by atoms with van der Waals surface area (Å²) in [5, 5.41) is 34.6. The van der Waals surface area contributed by atoms with E-state index < -0.39 is 11.9 Å². The molecular weight excluding hydrogens is 312 g/mol. The van der Waals surface area contributed by atoms with Crippen LogP contribution < -0.4 is 0 Å². The zero-order chi connectivity index (χ0) is 18.4. The summed E-state index contributed by atoms with van der Waals surface area (Å²) in [5.74, 6) is -0.416. The van der Waals surface area contributed by atoms with Gasteiger partial charge in [0.1, 0.15) is 0 Å². The second-order valence-corrected chi connectivity index (χ2v) is 6.84. The molecule has 3 rings (SSSR count). The average Bonchev–Trinajstić information content (AvgIpc) is 3.26. The number of carbonyl (C=O) groups is 2. The van der Waals surface area contributed by atoms with Gasteiger partial charge in [0, 0.05) is 36.2 Å². The van der Waals surface area contributed by atoms with Gasteiger partial charge in [-0.3, -0.25) is 0 Å². The predicted molar refractivity (Wildman–Crippen MR) is 89.4 cm³/mol. The van der Waals surface area contributed by atoms with Crippen molar-refractivity contribution in [3.8, 4) is 0 Å². The lowest BCUT2D eigenvalue weighted by Gasteiger charge is -2.46. The van der Waals surface area contributed by atoms with Gasteiger partial charge < -0.3 is 20.4 Å². The maximum Gasteiger partial charge on any atom is 0.327 e. The largest absolute Gasteiger partial charge is 0.478 e. The topological polar surface area (TPSA) is 115 Å².